The summed E-state index contributed by atoms with van der Waals surface area (Å²) in [5, 5.41) is 4.50. The summed E-state index contributed by atoms with van der Waals surface area (Å²) < 4.78 is 39.9. The lowest BCUT2D eigenvalue weighted by molar-refractivity contribution is -0.137. The van der Waals surface area contributed by atoms with Crippen molar-refractivity contribution in [3.05, 3.63) is 52.8 Å². The highest BCUT2D eigenvalue weighted by atomic mass is 19.4. The van der Waals surface area contributed by atoms with Gasteiger partial charge in [-0.15, -0.1) is 0 Å². The lowest BCUT2D eigenvalue weighted by Gasteiger charge is -2.25. The number of nitrogens with zero attached hydrogens (tertiary/aromatic N) is 3. The van der Waals surface area contributed by atoms with Crippen LogP contribution in [0.25, 0.3) is 0 Å². The number of carbonyl (C=O) groups is 1. The number of alkyl halides is 3. The molecule has 2 heterocycles. The van der Waals surface area contributed by atoms with Crippen molar-refractivity contribution in [1.29, 1.82) is 0 Å². The molecule has 4 rings (SSSR count). The molecule has 0 radical (unpaired) electrons. The van der Waals surface area contributed by atoms with E-state index in [9.17, 15) is 18.0 Å². The molecule has 1 saturated heterocycles. The number of amides is 1. The number of carbonyl (C=O) groups excluding carboxylic acids is 1. The van der Waals surface area contributed by atoms with E-state index in [1.54, 1.807) is 10.9 Å². The van der Waals surface area contributed by atoms with Gasteiger partial charge in [0, 0.05) is 38.2 Å². The number of benzene rings is 1. The van der Waals surface area contributed by atoms with Crippen LogP contribution in [0.15, 0.2) is 30.5 Å². The van der Waals surface area contributed by atoms with Crippen LogP contribution in [0.4, 0.5) is 13.2 Å². The maximum Gasteiger partial charge on any atom is 0.416 e. The van der Waals surface area contributed by atoms with Crippen LogP contribution in [-0.4, -0.2) is 33.7 Å². The fourth-order valence-corrected chi connectivity index (χ4v) is 3.99. The summed E-state index contributed by atoms with van der Waals surface area (Å²) in [5.41, 5.74) is 1.78. The van der Waals surface area contributed by atoms with Crippen LogP contribution < -0.4 is 0 Å². The fourth-order valence-electron chi connectivity index (χ4n) is 3.99. The average Bonchev–Trinajstić information content (AvgIpc) is 3.19. The second kappa shape index (κ2) is 6.69. The van der Waals surface area contributed by atoms with Gasteiger partial charge in [-0.2, -0.15) is 18.3 Å². The summed E-state index contributed by atoms with van der Waals surface area (Å²) in [6.07, 6.45) is 1.55. The van der Waals surface area contributed by atoms with Gasteiger partial charge < -0.3 is 4.90 Å². The molecule has 1 aromatic carbocycles. The van der Waals surface area contributed by atoms with Crippen molar-refractivity contribution in [1.82, 2.24) is 14.7 Å². The molecule has 2 aromatic rings. The molecule has 7 heteroatoms. The monoisotopic (exact) mass is 377 g/mol. The fraction of sp³-hybridized carbons (Fsp3) is 0.500. The van der Waals surface area contributed by atoms with Gasteiger partial charge in [0.25, 0.3) is 5.91 Å². The third-order valence-electron chi connectivity index (χ3n) is 5.76. The van der Waals surface area contributed by atoms with E-state index in [2.05, 4.69) is 5.10 Å². The van der Waals surface area contributed by atoms with Crippen LogP contribution in [-0.2, 0) is 13.2 Å². The van der Waals surface area contributed by atoms with Crippen molar-refractivity contribution < 1.29 is 18.0 Å². The predicted octanol–water partition coefficient (Wildman–Crippen LogP) is 4.34. The smallest absolute Gasteiger partial charge is 0.338 e. The molecule has 0 spiro atoms. The Bertz CT molecular complexity index is 837. The van der Waals surface area contributed by atoms with E-state index in [1.807, 2.05) is 11.9 Å². The Morgan fingerprint density at radius 2 is 1.81 bits per heavy atom. The van der Waals surface area contributed by atoms with E-state index in [-0.39, 0.29) is 11.8 Å². The minimum absolute atomic E-state index is 0.0144. The molecule has 27 heavy (non-hydrogen) atoms. The number of likely N-dealkylation sites (tertiary alicyclic amines) is 1. The minimum atomic E-state index is -4.32. The lowest BCUT2D eigenvalue weighted by Crippen LogP contribution is -2.29. The van der Waals surface area contributed by atoms with Gasteiger partial charge in [-0.1, -0.05) is 18.6 Å². The third kappa shape index (κ3) is 3.47. The maximum absolute atomic E-state index is 13.0. The highest BCUT2D eigenvalue weighted by molar-refractivity contribution is 5.95. The zero-order valence-corrected chi connectivity index (χ0v) is 15.2. The lowest BCUT2D eigenvalue weighted by atomic mass is 9.81. The SMILES string of the molecule is Cn1cc(C(=O)N2CCC(c3ccc(C(F)(F)F)cc3)C2)c(C2CCC2)n1. The molecular formula is C20H22F3N3O. The summed E-state index contributed by atoms with van der Waals surface area (Å²) in [4.78, 5) is 14.8. The second-order valence-corrected chi connectivity index (χ2v) is 7.59. The van der Waals surface area contributed by atoms with Gasteiger partial charge in [0.15, 0.2) is 0 Å². The van der Waals surface area contributed by atoms with Gasteiger partial charge in [-0.25, -0.2) is 0 Å². The summed E-state index contributed by atoms with van der Waals surface area (Å²) in [5.74, 6) is 0.429. The van der Waals surface area contributed by atoms with Crippen LogP contribution in [0.1, 0.15) is 64.7 Å². The Hall–Kier alpha value is -2.31. The highest BCUT2D eigenvalue weighted by Gasteiger charge is 2.34. The van der Waals surface area contributed by atoms with Crippen LogP contribution in [0.5, 0.6) is 0 Å². The molecule has 2 aliphatic rings. The summed E-state index contributed by atoms with van der Waals surface area (Å²) >= 11 is 0. The number of hydrogen-bond acceptors (Lipinski definition) is 2. The van der Waals surface area contributed by atoms with E-state index < -0.39 is 11.7 Å². The van der Waals surface area contributed by atoms with Crippen molar-refractivity contribution in [2.24, 2.45) is 7.05 Å². The van der Waals surface area contributed by atoms with E-state index >= 15 is 0 Å². The van der Waals surface area contributed by atoms with E-state index in [4.69, 9.17) is 0 Å². The molecule has 1 aromatic heterocycles. The molecule has 1 unspecified atom stereocenters. The van der Waals surface area contributed by atoms with Crippen molar-refractivity contribution in [3.63, 3.8) is 0 Å². The maximum atomic E-state index is 13.0. The standard InChI is InChI=1S/C20H22F3N3O/c1-25-12-17(18(24-25)14-3-2-4-14)19(27)26-10-9-15(11-26)13-5-7-16(8-6-13)20(21,22)23/h5-8,12,14-15H,2-4,9-11H2,1H3. The van der Waals surface area contributed by atoms with Crippen LogP contribution in [0.3, 0.4) is 0 Å². The number of rotatable bonds is 3. The Morgan fingerprint density at radius 1 is 1.11 bits per heavy atom. The first-order valence-electron chi connectivity index (χ1n) is 9.33. The molecule has 0 N–H and O–H groups in total. The molecular weight excluding hydrogens is 355 g/mol. The first-order chi connectivity index (χ1) is 12.8. The Labute approximate surface area is 156 Å². The number of halogens is 3. The normalized spacial score (nSPS) is 20.7. The van der Waals surface area contributed by atoms with E-state index in [0.29, 0.717) is 24.6 Å². The van der Waals surface area contributed by atoms with Crippen molar-refractivity contribution in [2.45, 2.75) is 43.7 Å². The van der Waals surface area contributed by atoms with Gasteiger partial charge in [-0.05, 0) is 37.0 Å². The van der Waals surface area contributed by atoms with Crippen LogP contribution >= 0.6 is 0 Å². The van der Waals surface area contributed by atoms with Gasteiger partial charge in [0.2, 0.25) is 0 Å². The Morgan fingerprint density at radius 3 is 2.41 bits per heavy atom. The zero-order chi connectivity index (χ0) is 19.2. The number of hydrogen-bond donors (Lipinski definition) is 0. The predicted molar refractivity (Wildman–Crippen MR) is 94.5 cm³/mol. The number of aryl methyl sites for hydroxylation is 1. The van der Waals surface area contributed by atoms with Gasteiger partial charge in [0.1, 0.15) is 0 Å². The highest BCUT2D eigenvalue weighted by Crippen LogP contribution is 2.38. The molecule has 4 nitrogen and oxygen atoms in total. The van der Waals surface area contributed by atoms with Crippen molar-refractivity contribution >= 4 is 5.91 Å². The van der Waals surface area contributed by atoms with Gasteiger partial charge in [0.05, 0.1) is 16.8 Å². The summed E-state index contributed by atoms with van der Waals surface area (Å²) in [6, 6.07) is 5.31. The minimum Gasteiger partial charge on any atom is -0.338 e. The molecule has 1 aliphatic heterocycles. The quantitative estimate of drug-likeness (QED) is 0.798. The zero-order valence-electron chi connectivity index (χ0n) is 15.2. The van der Waals surface area contributed by atoms with Crippen LogP contribution in [0.2, 0.25) is 0 Å². The van der Waals surface area contributed by atoms with Crippen molar-refractivity contribution in [2.75, 3.05) is 13.1 Å². The average molecular weight is 377 g/mol. The summed E-state index contributed by atoms with van der Waals surface area (Å²) in [7, 11) is 1.83. The Kier molecular flexibility index (Phi) is 4.48. The molecule has 1 atom stereocenters. The molecule has 1 saturated carbocycles. The van der Waals surface area contributed by atoms with Gasteiger partial charge in [-0.3, -0.25) is 9.48 Å². The van der Waals surface area contributed by atoms with Crippen LogP contribution in [0, 0.1) is 0 Å². The third-order valence-corrected chi connectivity index (χ3v) is 5.76. The second-order valence-electron chi connectivity index (χ2n) is 7.59. The number of aromatic nitrogens is 2. The molecule has 2 fully saturated rings. The topological polar surface area (TPSA) is 38.1 Å². The van der Waals surface area contributed by atoms with Gasteiger partial charge >= 0.3 is 6.18 Å². The summed E-state index contributed by atoms with van der Waals surface area (Å²) in [6.45, 7) is 1.15. The molecule has 144 valence electrons. The first kappa shape index (κ1) is 18.1. The molecule has 1 aliphatic carbocycles. The van der Waals surface area contributed by atoms with Crippen molar-refractivity contribution in [3.8, 4) is 0 Å². The van der Waals surface area contributed by atoms with E-state index in [1.165, 1.54) is 18.6 Å². The van der Waals surface area contributed by atoms with E-state index in [0.717, 1.165) is 42.7 Å². The first-order valence-corrected chi connectivity index (χ1v) is 9.33. The molecule has 0 bridgehead atoms. The Balaban J connectivity index is 1.47. The largest absolute Gasteiger partial charge is 0.416 e. The molecule has 1 amide bonds.